The molecule has 1 unspecified atom stereocenters. The van der Waals surface area contributed by atoms with Crippen LogP contribution < -0.4 is 0 Å². The third kappa shape index (κ3) is 3.88. The number of methoxy groups -OCH3 is 1. The SMILES string of the molecule is COC1C=NC(COC(c2ccccc2)(c2ccccc2)c2ccccc2)=CC1=O. The number of carbonyl (C=O) groups excluding carboxylic acids is 1. The number of rotatable bonds is 7. The van der Waals surface area contributed by atoms with Crippen molar-refractivity contribution in [2.24, 2.45) is 4.99 Å². The van der Waals surface area contributed by atoms with Crippen molar-refractivity contribution in [2.75, 3.05) is 13.7 Å². The third-order valence-corrected chi connectivity index (χ3v) is 5.20. The van der Waals surface area contributed by atoms with Crippen LogP contribution in [0.4, 0.5) is 0 Å². The number of hydrogen-bond acceptors (Lipinski definition) is 4. The summed E-state index contributed by atoms with van der Waals surface area (Å²) < 4.78 is 11.8. The van der Waals surface area contributed by atoms with E-state index < -0.39 is 11.7 Å². The summed E-state index contributed by atoms with van der Waals surface area (Å²) in [5.74, 6) is -0.129. The highest BCUT2D eigenvalue weighted by Crippen LogP contribution is 2.40. The number of benzene rings is 3. The fraction of sp³-hybridized carbons (Fsp3) is 0.154. The fourth-order valence-electron chi connectivity index (χ4n) is 3.73. The predicted molar refractivity (Wildman–Crippen MR) is 118 cm³/mol. The standard InChI is InChI=1S/C26H23NO3/c1-29-25-18-27-23(17-24(25)28)19-30-26(20-11-5-2-6-12-20,21-13-7-3-8-14-21)22-15-9-4-10-16-22/h2-18,25H,19H2,1H3. The van der Waals surface area contributed by atoms with Crippen molar-refractivity contribution in [3.63, 3.8) is 0 Å². The number of ether oxygens (including phenoxy) is 2. The van der Waals surface area contributed by atoms with Gasteiger partial charge in [-0.15, -0.1) is 0 Å². The molecule has 4 heteroatoms. The highest BCUT2D eigenvalue weighted by molar-refractivity contribution is 6.06. The lowest BCUT2D eigenvalue weighted by Crippen LogP contribution is -2.34. The number of ketones is 1. The molecule has 0 radical (unpaired) electrons. The number of hydrogen-bond donors (Lipinski definition) is 0. The highest BCUT2D eigenvalue weighted by Gasteiger charge is 2.38. The monoisotopic (exact) mass is 397 g/mol. The molecule has 0 bridgehead atoms. The lowest BCUT2D eigenvalue weighted by molar-refractivity contribution is -0.120. The summed E-state index contributed by atoms with van der Waals surface area (Å²) >= 11 is 0. The molecule has 0 aromatic heterocycles. The van der Waals surface area contributed by atoms with Crippen LogP contribution in [0.5, 0.6) is 0 Å². The second kappa shape index (κ2) is 8.99. The Morgan fingerprint density at radius 3 is 1.67 bits per heavy atom. The van der Waals surface area contributed by atoms with Crippen LogP contribution in [0.1, 0.15) is 16.7 Å². The average molecular weight is 397 g/mol. The van der Waals surface area contributed by atoms with Crippen LogP contribution in [0.3, 0.4) is 0 Å². The minimum absolute atomic E-state index is 0.129. The molecule has 150 valence electrons. The van der Waals surface area contributed by atoms with Crippen LogP contribution in [0.2, 0.25) is 0 Å². The van der Waals surface area contributed by atoms with Crippen molar-refractivity contribution < 1.29 is 14.3 Å². The van der Waals surface area contributed by atoms with Gasteiger partial charge in [-0.2, -0.15) is 0 Å². The van der Waals surface area contributed by atoms with E-state index in [4.69, 9.17) is 9.47 Å². The zero-order valence-corrected chi connectivity index (χ0v) is 16.8. The first kappa shape index (κ1) is 20.0. The second-order valence-electron chi connectivity index (χ2n) is 7.04. The van der Waals surface area contributed by atoms with Gasteiger partial charge in [0.15, 0.2) is 11.9 Å². The van der Waals surface area contributed by atoms with Gasteiger partial charge in [-0.05, 0) is 16.7 Å². The van der Waals surface area contributed by atoms with E-state index in [-0.39, 0.29) is 12.4 Å². The Hall–Kier alpha value is -3.34. The van der Waals surface area contributed by atoms with Crippen molar-refractivity contribution in [1.29, 1.82) is 0 Å². The van der Waals surface area contributed by atoms with Crippen LogP contribution in [0.15, 0.2) is 108 Å². The predicted octanol–water partition coefficient (Wildman–Crippen LogP) is 4.55. The summed E-state index contributed by atoms with van der Waals surface area (Å²) in [6, 6.07) is 30.3. The molecule has 1 heterocycles. The first-order chi connectivity index (χ1) is 14.7. The number of nitrogens with zero attached hydrogens (tertiary/aromatic N) is 1. The first-order valence-electron chi connectivity index (χ1n) is 9.86. The highest BCUT2D eigenvalue weighted by atomic mass is 16.5. The Labute approximate surface area is 176 Å². The minimum Gasteiger partial charge on any atom is -0.368 e. The lowest BCUT2D eigenvalue weighted by Gasteiger charge is -2.36. The van der Waals surface area contributed by atoms with Gasteiger partial charge in [0.25, 0.3) is 0 Å². The van der Waals surface area contributed by atoms with Gasteiger partial charge in [-0.3, -0.25) is 9.79 Å². The maximum Gasteiger partial charge on any atom is 0.191 e. The number of aliphatic imine (C=N–C) groups is 1. The maximum absolute atomic E-state index is 12.2. The third-order valence-electron chi connectivity index (χ3n) is 5.20. The molecule has 0 saturated carbocycles. The summed E-state index contributed by atoms with van der Waals surface area (Å²) in [6.07, 6.45) is 2.40. The fourth-order valence-corrected chi connectivity index (χ4v) is 3.73. The van der Waals surface area contributed by atoms with E-state index in [2.05, 4.69) is 41.4 Å². The van der Waals surface area contributed by atoms with E-state index in [0.29, 0.717) is 5.70 Å². The summed E-state index contributed by atoms with van der Waals surface area (Å²) in [5.41, 5.74) is 2.73. The molecular formula is C26H23NO3. The molecule has 4 rings (SSSR count). The van der Waals surface area contributed by atoms with Crippen LogP contribution in [-0.4, -0.2) is 31.8 Å². The Bertz CT molecular complexity index is 947. The normalized spacial score (nSPS) is 16.4. The van der Waals surface area contributed by atoms with Crippen molar-refractivity contribution in [3.05, 3.63) is 119 Å². The molecule has 0 saturated heterocycles. The summed E-state index contributed by atoms with van der Waals surface area (Å²) in [7, 11) is 1.50. The zero-order valence-electron chi connectivity index (χ0n) is 16.8. The Balaban J connectivity index is 1.80. The first-order valence-corrected chi connectivity index (χ1v) is 9.86. The molecule has 1 aliphatic rings. The van der Waals surface area contributed by atoms with Crippen molar-refractivity contribution in [1.82, 2.24) is 0 Å². The molecule has 1 atom stereocenters. The second-order valence-corrected chi connectivity index (χ2v) is 7.04. The molecule has 0 fully saturated rings. The summed E-state index contributed by atoms with van der Waals surface area (Å²) in [5, 5.41) is 0. The van der Waals surface area contributed by atoms with Crippen molar-refractivity contribution in [2.45, 2.75) is 11.7 Å². The van der Waals surface area contributed by atoms with Crippen LogP contribution in [0, 0.1) is 0 Å². The molecule has 0 N–H and O–H groups in total. The topological polar surface area (TPSA) is 47.9 Å². The molecule has 3 aromatic rings. The van der Waals surface area contributed by atoms with Crippen LogP contribution >= 0.6 is 0 Å². The molecule has 0 amide bonds. The van der Waals surface area contributed by atoms with E-state index in [0.717, 1.165) is 16.7 Å². The zero-order chi connectivity index (χ0) is 20.8. The Morgan fingerprint density at radius 2 is 1.27 bits per heavy atom. The van der Waals surface area contributed by atoms with Gasteiger partial charge in [0.1, 0.15) is 5.60 Å². The molecule has 0 spiro atoms. The average Bonchev–Trinajstić information content (AvgIpc) is 2.82. The largest absolute Gasteiger partial charge is 0.368 e. The van der Waals surface area contributed by atoms with E-state index in [1.165, 1.54) is 19.4 Å². The van der Waals surface area contributed by atoms with E-state index in [1.54, 1.807) is 0 Å². The van der Waals surface area contributed by atoms with Gasteiger partial charge in [0.05, 0.1) is 12.3 Å². The maximum atomic E-state index is 12.2. The molecular weight excluding hydrogens is 374 g/mol. The van der Waals surface area contributed by atoms with Gasteiger partial charge in [-0.1, -0.05) is 91.0 Å². The Morgan fingerprint density at radius 1 is 0.800 bits per heavy atom. The smallest absolute Gasteiger partial charge is 0.191 e. The lowest BCUT2D eigenvalue weighted by atomic mass is 9.80. The molecule has 3 aromatic carbocycles. The quantitative estimate of drug-likeness (QED) is 0.550. The molecule has 0 aliphatic carbocycles. The minimum atomic E-state index is -0.846. The molecule has 1 aliphatic heterocycles. The summed E-state index contributed by atoms with van der Waals surface area (Å²) in [4.78, 5) is 16.6. The van der Waals surface area contributed by atoms with Crippen LogP contribution in [-0.2, 0) is 19.9 Å². The van der Waals surface area contributed by atoms with Gasteiger partial charge in [0.2, 0.25) is 0 Å². The van der Waals surface area contributed by atoms with Crippen LogP contribution in [0.25, 0.3) is 0 Å². The summed E-state index contributed by atoms with van der Waals surface area (Å²) in [6.45, 7) is 0.178. The number of carbonyl (C=O) groups is 1. The van der Waals surface area contributed by atoms with E-state index in [1.807, 2.05) is 54.6 Å². The van der Waals surface area contributed by atoms with E-state index >= 15 is 0 Å². The van der Waals surface area contributed by atoms with Gasteiger partial charge < -0.3 is 9.47 Å². The van der Waals surface area contributed by atoms with Gasteiger partial charge in [-0.25, -0.2) is 0 Å². The molecule has 4 nitrogen and oxygen atoms in total. The molecule has 30 heavy (non-hydrogen) atoms. The van der Waals surface area contributed by atoms with Gasteiger partial charge >= 0.3 is 0 Å². The van der Waals surface area contributed by atoms with Crippen molar-refractivity contribution in [3.8, 4) is 0 Å². The van der Waals surface area contributed by atoms with E-state index in [9.17, 15) is 4.79 Å². The Kier molecular flexibility index (Phi) is 5.98. The van der Waals surface area contributed by atoms with Gasteiger partial charge in [0, 0.05) is 19.4 Å². The van der Waals surface area contributed by atoms with Crippen molar-refractivity contribution >= 4 is 12.0 Å².